The molecule has 7 heteroatoms. The van der Waals surface area contributed by atoms with Crippen LogP contribution in [0.3, 0.4) is 0 Å². The van der Waals surface area contributed by atoms with E-state index in [0.717, 1.165) is 0 Å². The van der Waals surface area contributed by atoms with Crippen molar-refractivity contribution in [2.24, 2.45) is 0 Å². The molecule has 2 rings (SSSR count). The summed E-state index contributed by atoms with van der Waals surface area (Å²) < 4.78 is 9.74. The molecule has 0 radical (unpaired) electrons. The Morgan fingerprint density at radius 2 is 2.35 bits per heavy atom. The molecule has 0 spiro atoms. The van der Waals surface area contributed by atoms with Crippen LogP contribution in [-0.4, -0.2) is 22.5 Å². The van der Waals surface area contributed by atoms with Crippen LogP contribution in [0.4, 0.5) is 5.69 Å². The number of hydrogen-bond acceptors (Lipinski definition) is 6. The fourth-order valence-corrected chi connectivity index (χ4v) is 1.36. The first-order valence-corrected chi connectivity index (χ1v) is 4.84. The molecule has 1 aromatic carbocycles. The van der Waals surface area contributed by atoms with Gasteiger partial charge in [-0.2, -0.15) is 0 Å². The minimum atomic E-state index is -0.738. The van der Waals surface area contributed by atoms with E-state index in [1.54, 1.807) is 6.92 Å². The van der Waals surface area contributed by atoms with Gasteiger partial charge in [0.15, 0.2) is 0 Å². The van der Waals surface area contributed by atoms with Gasteiger partial charge in [-0.05, 0) is 13.0 Å². The Hall–Kier alpha value is -2.44. The number of para-hydroxylation sites is 1. The van der Waals surface area contributed by atoms with Crippen LogP contribution in [0.1, 0.15) is 17.6 Å². The number of hydrogen-bond donors (Lipinski definition) is 0. The highest BCUT2D eigenvalue weighted by molar-refractivity contribution is 5.90. The first-order chi connectivity index (χ1) is 8.13. The first kappa shape index (κ1) is 11.1. The number of nitro benzene ring substituents is 1. The van der Waals surface area contributed by atoms with Crippen molar-refractivity contribution in [2.45, 2.75) is 6.92 Å². The predicted molar refractivity (Wildman–Crippen MR) is 56.6 cm³/mol. The van der Waals surface area contributed by atoms with Crippen LogP contribution >= 0.6 is 0 Å². The summed E-state index contributed by atoms with van der Waals surface area (Å²) in [5.74, 6) is -1.02. The molecule has 0 aliphatic rings. The number of carbonyl (C=O) groups excluding carboxylic acids is 1. The topological polar surface area (TPSA) is 95.5 Å². The maximum Gasteiger partial charge on any atom is 0.394 e. The summed E-state index contributed by atoms with van der Waals surface area (Å²) >= 11 is 0. The molecule has 7 nitrogen and oxygen atoms in total. The van der Waals surface area contributed by atoms with Crippen molar-refractivity contribution in [2.75, 3.05) is 6.61 Å². The number of carbonyl (C=O) groups is 1. The number of non-ortho nitro benzene ring substituents is 1. The Morgan fingerprint density at radius 1 is 1.59 bits per heavy atom. The third kappa shape index (κ3) is 1.94. The lowest BCUT2D eigenvalue weighted by Crippen LogP contribution is -2.04. The van der Waals surface area contributed by atoms with Crippen molar-refractivity contribution >= 4 is 22.8 Å². The van der Waals surface area contributed by atoms with Crippen LogP contribution in [0.15, 0.2) is 22.6 Å². The number of rotatable bonds is 3. The monoisotopic (exact) mass is 236 g/mol. The molecule has 0 N–H and O–H groups in total. The molecule has 0 saturated carbocycles. The first-order valence-electron chi connectivity index (χ1n) is 4.84. The smallest absolute Gasteiger partial charge is 0.394 e. The van der Waals surface area contributed by atoms with E-state index in [4.69, 9.17) is 9.15 Å². The minimum Gasteiger partial charge on any atom is -0.459 e. The average molecular weight is 236 g/mol. The van der Waals surface area contributed by atoms with Gasteiger partial charge in [0.05, 0.1) is 11.5 Å². The zero-order chi connectivity index (χ0) is 12.4. The Balaban J connectivity index is 2.54. The number of fused-ring (bicyclic) bond motifs is 1. The van der Waals surface area contributed by atoms with E-state index < -0.39 is 10.9 Å². The summed E-state index contributed by atoms with van der Waals surface area (Å²) in [6.45, 7) is 1.82. The molecule has 0 bridgehead atoms. The van der Waals surface area contributed by atoms with Gasteiger partial charge in [0, 0.05) is 6.07 Å². The van der Waals surface area contributed by atoms with Crippen molar-refractivity contribution in [1.82, 2.24) is 4.98 Å². The van der Waals surface area contributed by atoms with E-state index in [1.807, 2.05) is 0 Å². The van der Waals surface area contributed by atoms with Crippen molar-refractivity contribution in [1.29, 1.82) is 0 Å². The molecule has 0 aliphatic heterocycles. The Bertz CT molecular complexity index is 589. The molecule has 0 aliphatic carbocycles. The fraction of sp³-hybridized carbons (Fsp3) is 0.200. The predicted octanol–water partition coefficient (Wildman–Crippen LogP) is 1.91. The maximum atomic E-state index is 11.3. The molecule has 0 fully saturated rings. The third-order valence-corrected chi connectivity index (χ3v) is 2.04. The summed E-state index contributed by atoms with van der Waals surface area (Å²) in [7, 11) is 0. The van der Waals surface area contributed by atoms with E-state index in [9.17, 15) is 14.9 Å². The molecule has 0 saturated heterocycles. The van der Waals surface area contributed by atoms with Crippen LogP contribution in [0.25, 0.3) is 11.1 Å². The van der Waals surface area contributed by atoms with Gasteiger partial charge in [-0.3, -0.25) is 10.1 Å². The second kappa shape index (κ2) is 4.20. The number of aromatic nitrogens is 1. The Morgan fingerprint density at radius 3 is 3.00 bits per heavy atom. The summed E-state index contributed by atoms with van der Waals surface area (Å²) in [5.41, 5.74) is -0.00615. The fourth-order valence-electron chi connectivity index (χ4n) is 1.36. The van der Waals surface area contributed by atoms with Crippen LogP contribution in [-0.2, 0) is 4.74 Å². The number of benzene rings is 1. The Labute approximate surface area is 95.1 Å². The lowest BCUT2D eigenvalue weighted by molar-refractivity contribution is -0.383. The maximum absolute atomic E-state index is 11.3. The normalized spacial score (nSPS) is 10.4. The molecule has 1 aromatic heterocycles. The summed E-state index contributed by atoms with van der Waals surface area (Å²) in [4.78, 5) is 25.3. The molecule has 0 amide bonds. The highest BCUT2D eigenvalue weighted by Crippen LogP contribution is 2.26. The second-order valence-electron chi connectivity index (χ2n) is 3.12. The van der Waals surface area contributed by atoms with Gasteiger partial charge in [0.25, 0.3) is 0 Å². The van der Waals surface area contributed by atoms with Crippen LogP contribution < -0.4 is 0 Å². The molecule has 1 heterocycles. The number of esters is 1. The minimum absolute atomic E-state index is 0.0273. The highest BCUT2D eigenvalue weighted by Gasteiger charge is 2.21. The van der Waals surface area contributed by atoms with E-state index in [0.29, 0.717) is 0 Å². The molecule has 88 valence electrons. The quantitative estimate of drug-likeness (QED) is 0.458. The van der Waals surface area contributed by atoms with Crippen molar-refractivity contribution in [3.05, 3.63) is 34.2 Å². The zero-order valence-electron chi connectivity index (χ0n) is 8.87. The molecular weight excluding hydrogens is 228 g/mol. The van der Waals surface area contributed by atoms with Gasteiger partial charge in [-0.1, -0.05) is 6.07 Å². The largest absolute Gasteiger partial charge is 0.459 e. The lowest BCUT2D eigenvalue weighted by Gasteiger charge is -1.94. The van der Waals surface area contributed by atoms with Gasteiger partial charge >= 0.3 is 17.5 Å². The highest BCUT2D eigenvalue weighted by atomic mass is 16.6. The van der Waals surface area contributed by atoms with Gasteiger partial charge in [0.2, 0.25) is 5.58 Å². The van der Waals surface area contributed by atoms with Crippen molar-refractivity contribution < 1.29 is 18.9 Å². The summed E-state index contributed by atoms with van der Waals surface area (Å²) in [6.07, 6.45) is 0. The van der Waals surface area contributed by atoms with E-state index in [-0.39, 0.29) is 29.3 Å². The number of nitrogens with zero attached hydrogens (tertiary/aromatic N) is 2. The number of oxazole rings is 1. The van der Waals surface area contributed by atoms with Gasteiger partial charge < -0.3 is 9.15 Å². The van der Waals surface area contributed by atoms with Crippen LogP contribution in [0.2, 0.25) is 0 Å². The molecule has 0 atom stereocenters. The van der Waals surface area contributed by atoms with Crippen molar-refractivity contribution in [3.63, 3.8) is 0 Å². The molecule has 2 aromatic rings. The average Bonchev–Trinajstić information content (AvgIpc) is 2.72. The summed E-state index contributed by atoms with van der Waals surface area (Å²) in [6, 6.07) is 4.27. The third-order valence-electron chi connectivity index (χ3n) is 2.04. The molecule has 17 heavy (non-hydrogen) atoms. The van der Waals surface area contributed by atoms with Crippen LogP contribution in [0, 0.1) is 10.1 Å². The molecular formula is C10H8N2O5. The standard InChI is InChI=1S/C10H8N2O5/c1-2-16-10(13)9-11-6-4-3-5-7(12(14)15)8(6)17-9/h3-5H,2H2,1H3. The zero-order valence-corrected chi connectivity index (χ0v) is 8.87. The second-order valence-corrected chi connectivity index (χ2v) is 3.12. The SMILES string of the molecule is CCOC(=O)c1nc2cccc([N+](=O)[O-])c2o1. The van der Waals surface area contributed by atoms with Gasteiger partial charge in [-0.25, -0.2) is 9.78 Å². The van der Waals surface area contributed by atoms with E-state index in [1.165, 1.54) is 18.2 Å². The van der Waals surface area contributed by atoms with E-state index in [2.05, 4.69) is 4.98 Å². The van der Waals surface area contributed by atoms with Crippen LogP contribution in [0.5, 0.6) is 0 Å². The van der Waals surface area contributed by atoms with Gasteiger partial charge in [0.1, 0.15) is 5.52 Å². The lowest BCUT2D eigenvalue weighted by atomic mass is 10.3. The number of ether oxygens (including phenoxy) is 1. The number of nitro groups is 1. The summed E-state index contributed by atoms with van der Waals surface area (Å²) in [5, 5.41) is 10.7. The van der Waals surface area contributed by atoms with E-state index >= 15 is 0 Å². The van der Waals surface area contributed by atoms with Crippen molar-refractivity contribution in [3.8, 4) is 0 Å². The Kier molecular flexibility index (Phi) is 2.73. The molecule has 0 unspecified atom stereocenters. The van der Waals surface area contributed by atoms with Gasteiger partial charge in [-0.15, -0.1) is 0 Å².